The Bertz CT molecular complexity index is 541. The van der Waals surface area contributed by atoms with Gasteiger partial charge in [0.25, 0.3) is 0 Å². The fourth-order valence-electron chi connectivity index (χ4n) is 3.95. The van der Waals surface area contributed by atoms with Gasteiger partial charge in [-0.25, -0.2) is 4.79 Å². The van der Waals surface area contributed by atoms with Crippen LogP contribution >= 0.6 is 0 Å². The van der Waals surface area contributed by atoms with Gasteiger partial charge in [0, 0.05) is 18.8 Å². The van der Waals surface area contributed by atoms with Gasteiger partial charge < -0.3 is 18.9 Å². The quantitative estimate of drug-likeness (QED) is 0.502. The molecule has 0 amide bonds. The Kier molecular flexibility index (Phi) is 3.54. The van der Waals surface area contributed by atoms with Gasteiger partial charge in [0.15, 0.2) is 6.61 Å². The fraction of sp³-hybridized carbons (Fsp3) is 0.714. The Morgan fingerprint density at radius 1 is 1.27 bits per heavy atom. The number of esters is 4. The van der Waals surface area contributed by atoms with E-state index in [9.17, 15) is 19.2 Å². The second-order valence-corrected chi connectivity index (χ2v) is 5.77. The van der Waals surface area contributed by atoms with Crippen LogP contribution in [0.1, 0.15) is 13.3 Å². The summed E-state index contributed by atoms with van der Waals surface area (Å²) in [5.74, 6) is -3.84. The van der Waals surface area contributed by atoms with Crippen LogP contribution in [0.5, 0.6) is 0 Å². The van der Waals surface area contributed by atoms with E-state index in [2.05, 4.69) is 4.74 Å². The van der Waals surface area contributed by atoms with Crippen molar-refractivity contribution in [3.63, 3.8) is 0 Å². The van der Waals surface area contributed by atoms with Crippen molar-refractivity contribution in [1.29, 1.82) is 0 Å². The summed E-state index contributed by atoms with van der Waals surface area (Å²) in [5, 5.41) is 0. The lowest BCUT2D eigenvalue weighted by Gasteiger charge is -2.29. The molecule has 22 heavy (non-hydrogen) atoms. The van der Waals surface area contributed by atoms with Crippen LogP contribution in [0.15, 0.2) is 0 Å². The summed E-state index contributed by atoms with van der Waals surface area (Å²) < 4.78 is 19.9. The molecule has 1 aliphatic heterocycles. The highest BCUT2D eigenvalue weighted by Crippen LogP contribution is 2.58. The van der Waals surface area contributed by atoms with E-state index in [1.165, 1.54) is 14.0 Å². The number of hydrogen-bond acceptors (Lipinski definition) is 8. The van der Waals surface area contributed by atoms with E-state index < -0.39 is 54.5 Å². The van der Waals surface area contributed by atoms with E-state index in [0.29, 0.717) is 6.42 Å². The molecule has 6 atom stereocenters. The number of carbonyl (C=O) groups excluding carboxylic acids is 4. The zero-order valence-electron chi connectivity index (χ0n) is 12.1. The van der Waals surface area contributed by atoms with Crippen LogP contribution in [0.2, 0.25) is 0 Å². The largest absolute Gasteiger partial charge is 0.469 e. The van der Waals surface area contributed by atoms with E-state index in [0.717, 1.165) is 0 Å². The average molecular weight is 312 g/mol. The first kappa shape index (κ1) is 14.8. The summed E-state index contributed by atoms with van der Waals surface area (Å²) in [7, 11) is 1.26. The molecule has 120 valence electrons. The maximum atomic E-state index is 11.9. The molecule has 1 heterocycles. The van der Waals surface area contributed by atoms with Crippen LogP contribution in [-0.2, 0) is 38.1 Å². The third kappa shape index (κ3) is 2.13. The zero-order valence-corrected chi connectivity index (χ0v) is 12.1. The van der Waals surface area contributed by atoms with Gasteiger partial charge in [-0.3, -0.25) is 14.4 Å². The van der Waals surface area contributed by atoms with Gasteiger partial charge in [0.2, 0.25) is 0 Å². The topological polar surface area (TPSA) is 105 Å². The minimum Gasteiger partial charge on any atom is -0.469 e. The van der Waals surface area contributed by atoms with Crippen molar-refractivity contribution < 1.29 is 38.1 Å². The van der Waals surface area contributed by atoms with Crippen LogP contribution < -0.4 is 0 Å². The summed E-state index contributed by atoms with van der Waals surface area (Å²) in [4.78, 5) is 46.3. The Labute approximate surface area is 126 Å². The highest BCUT2D eigenvalue weighted by Gasteiger charge is 2.70. The van der Waals surface area contributed by atoms with E-state index in [1.807, 2.05) is 0 Å². The molecule has 2 aliphatic carbocycles. The summed E-state index contributed by atoms with van der Waals surface area (Å²) in [5.41, 5.74) is 0. The summed E-state index contributed by atoms with van der Waals surface area (Å²) in [6.07, 6.45) is -0.642. The van der Waals surface area contributed by atoms with Crippen molar-refractivity contribution in [2.75, 3.05) is 13.7 Å². The minimum absolute atomic E-state index is 0.131. The molecule has 2 saturated carbocycles. The molecule has 0 aromatic carbocycles. The molecule has 3 rings (SSSR count). The van der Waals surface area contributed by atoms with E-state index in [4.69, 9.17) is 14.2 Å². The summed E-state index contributed by atoms with van der Waals surface area (Å²) >= 11 is 0. The minimum atomic E-state index is -0.726. The molecule has 0 spiro atoms. The fourth-order valence-corrected chi connectivity index (χ4v) is 3.95. The van der Waals surface area contributed by atoms with Crippen molar-refractivity contribution in [1.82, 2.24) is 0 Å². The smallest absolute Gasteiger partial charge is 0.344 e. The number of carbonyl (C=O) groups is 4. The molecule has 2 bridgehead atoms. The molecule has 0 radical (unpaired) electrons. The first-order chi connectivity index (χ1) is 10.4. The molecule has 8 heteroatoms. The first-order valence-corrected chi connectivity index (χ1v) is 7.05. The van der Waals surface area contributed by atoms with Crippen LogP contribution in [0, 0.1) is 23.7 Å². The summed E-state index contributed by atoms with van der Waals surface area (Å²) in [6, 6.07) is 0. The molecule has 3 aliphatic rings. The zero-order chi connectivity index (χ0) is 16.0. The monoisotopic (exact) mass is 312 g/mol. The van der Waals surface area contributed by atoms with Gasteiger partial charge in [-0.1, -0.05) is 0 Å². The maximum absolute atomic E-state index is 11.9. The predicted octanol–water partition coefficient (Wildman–Crippen LogP) is -0.558. The Hall–Kier alpha value is -2.12. The molecule has 0 aromatic rings. The second-order valence-electron chi connectivity index (χ2n) is 5.77. The average Bonchev–Trinajstić information content (AvgIpc) is 3.07. The van der Waals surface area contributed by atoms with Gasteiger partial charge in [-0.2, -0.15) is 0 Å². The predicted molar refractivity (Wildman–Crippen MR) is 67.0 cm³/mol. The Balaban J connectivity index is 1.74. The SMILES string of the molecule is COC(=O)C1C2CC3C(OC(=O)C31)C2OC(=O)COC(C)=O. The maximum Gasteiger partial charge on any atom is 0.344 e. The van der Waals surface area contributed by atoms with Crippen LogP contribution in [-0.4, -0.2) is 49.8 Å². The standard InChI is InChI=1S/C14H16O8/c1-5(15)20-4-8(16)21-11-6-3-7-10(9(6)13(17)19-2)14(18)22-12(7)11/h6-7,9-12H,3-4H2,1-2H3. The van der Waals surface area contributed by atoms with E-state index in [1.54, 1.807) is 0 Å². The number of hydrogen-bond donors (Lipinski definition) is 0. The Morgan fingerprint density at radius 2 is 2.00 bits per heavy atom. The molecule has 8 nitrogen and oxygen atoms in total. The molecule has 0 N–H and O–H groups in total. The van der Waals surface area contributed by atoms with Crippen molar-refractivity contribution in [3.05, 3.63) is 0 Å². The van der Waals surface area contributed by atoms with Crippen molar-refractivity contribution in [2.45, 2.75) is 25.6 Å². The lowest BCUT2D eigenvalue weighted by molar-refractivity contribution is -0.171. The highest BCUT2D eigenvalue weighted by atomic mass is 16.6. The molecule has 0 aromatic heterocycles. The van der Waals surface area contributed by atoms with E-state index in [-0.39, 0.29) is 11.8 Å². The normalized spacial score (nSPS) is 37.6. The van der Waals surface area contributed by atoms with E-state index >= 15 is 0 Å². The van der Waals surface area contributed by atoms with Crippen molar-refractivity contribution in [2.24, 2.45) is 23.7 Å². The van der Waals surface area contributed by atoms with Gasteiger partial charge in [0.1, 0.15) is 12.2 Å². The van der Waals surface area contributed by atoms with Crippen LogP contribution in [0.3, 0.4) is 0 Å². The number of ether oxygens (including phenoxy) is 4. The van der Waals surface area contributed by atoms with Crippen LogP contribution in [0.4, 0.5) is 0 Å². The van der Waals surface area contributed by atoms with Gasteiger partial charge in [0.05, 0.1) is 18.9 Å². The number of methoxy groups -OCH3 is 1. The Morgan fingerprint density at radius 3 is 2.64 bits per heavy atom. The number of fused-ring (bicyclic) bond motifs is 1. The van der Waals surface area contributed by atoms with Gasteiger partial charge in [-0.15, -0.1) is 0 Å². The van der Waals surface area contributed by atoms with Gasteiger partial charge in [-0.05, 0) is 6.42 Å². The molecule has 3 fully saturated rings. The first-order valence-electron chi connectivity index (χ1n) is 7.05. The third-order valence-electron chi connectivity index (χ3n) is 4.68. The number of rotatable bonds is 4. The lowest BCUT2D eigenvalue weighted by Crippen LogP contribution is -2.44. The van der Waals surface area contributed by atoms with Crippen LogP contribution in [0.25, 0.3) is 0 Å². The van der Waals surface area contributed by atoms with Crippen molar-refractivity contribution in [3.8, 4) is 0 Å². The molecular formula is C14H16O8. The third-order valence-corrected chi connectivity index (χ3v) is 4.68. The van der Waals surface area contributed by atoms with Crippen molar-refractivity contribution >= 4 is 23.9 Å². The lowest BCUT2D eigenvalue weighted by atomic mass is 9.78. The molecular weight excluding hydrogens is 296 g/mol. The summed E-state index contributed by atoms with van der Waals surface area (Å²) in [6.45, 7) is 0.678. The second kappa shape index (κ2) is 5.26. The highest BCUT2D eigenvalue weighted by molar-refractivity contribution is 5.86. The molecule has 1 saturated heterocycles. The van der Waals surface area contributed by atoms with Gasteiger partial charge >= 0.3 is 23.9 Å². The molecule has 6 unspecified atom stereocenters.